The highest BCUT2D eigenvalue weighted by Crippen LogP contribution is 2.34. The van der Waals surface area contributed by atoms with Crippen molar-refractivity contribution in [1.29, 1.82) is 5.26 Å². The molecule has 0 unspecified atom stereocenters. The number of nitrogens with zero attached hydrogens (tertiary/aromatic N) is 2. The quantitative estimate of drug-likeness (QED) is 0.819. The second kappa shape index (κ2) is 8.71. The summed E-state index contributed by atoms with van der Waals surface area (Å²) in [6, 6.07) is 14.7. The number of amides is 2. The van der Waals surface area contributed by atoms with Gasteiger partial charge in [-0.05, 0) is 67.6 Å². The number of rotatable bonds is 4. The summed E-state index contributed by atoms with van der Waals surface area (Å²) < 4.78 is 0. The minimum atomic E-state index is -0.165. The minimum Gasteiger partial charge on any atom is -0.346 e. The number of hydrogen-bond donors (Lipinski definition) is 1. The molecule has 0 spiro atoms. The molecule has 1 aliphatic carbocycles. The van der Waals surface area contributed by atoms with Gasteiger partial charge in [-0.1, -0.05) is 31.4 Å². The van der Waals surface area contributed by atoms with Crippen LogP contribution in [0.2, 0.25) is 0 Å². The van der Waals surface area contributed by atoms with Crippen LogP contribution >= 0.6 is 0 Å². The molecule has 2 amide bonds. The van der Waals surface area contributed by atoms with E-state index in [2.05, 4.69) is 17.5 Å². The summed E-state index contributed by atoms with van der Waals surface area (Å²) in [5.41, 5.74) is 4.30. The zero-order chi connectivity index (χ0) is 21.1. The molecule has 0 aromatic heterocycles. The van der Waals surface area contributed by atoms with Gasteiger partial charge in [0.1, 0.15) is 0 Å². The summed E-state index contributed by atoms with van der Waals surface area (Å²) in [6.07, 6.45) is 6.45. The largest absolute Gasteiger partial charge is 0.346 e. The molecule has 1 saturated carbocycles. The highest BCUT2D eigenvalue weighted by Gasteiger charge is 2.31. The van der Waals surface area contributed by atoms with Crippen molar-refractivity contribution in [3.8, 4) is 6.07 Å². The fourth-order valence-corrected chi connectivity index (χ4v) is 4.55. The van der Waals surface area contributed by atoms with Gasteiger partial charge in [-0.3, -0.25) is 9.59 Å². The fraction of sp³-hybridized carbons (Fsp3) is 0.400. The molecule has 5 nitrogen and oxygen atoms in total. The van der Waals surface area contributed by atoms with Crippen molar-refractivity contribution in [2.45, 2.75) is 51.5 Å². The third-order valence-corrected chi connectivity index (χ3v) is 6.34. The molecule has 2 aliphatic rings. The summed E-state index contributed by atoms with van der Waals surface area (Å²) >= 11 is 0. The molecule has 5 heteroatoms. The van der Waals surface area contributed by atoms with Crippen LogP contribution in [0.15, 0.2) is 42.5 Å². The van der Waals surface area contributed by atoms with E-state index in [0.29, 0.717) is 11.1 Å². The highest BCUT2D eigenvalue weighted by molar-refractivity contribution is 5.97. The molecule has 30 heavy (non-hydrogen) atoms. The number of fused-ring (bicyclic) bond motifs is 1. The van der Waals surface area contributed by atoms with Crippen molar-refractivity contribution in [1.82, 2.24) is 5.32 Å². The van der Waals surface area contributed by atoms with E-state index in [4.69, 9.17) is 5.26 Å². The molecule has 2 aromatic rings. The second-order valence-electron chi connectivity index (χ2n) is 8.35. The number of benzene rings is 2. The lowest BCUT2D eigenvalue weighted by molar-refractivity contribution is -0.123. The Morgan fingerprint density at radius 1 is 1.10 bits per heavy atom. The van der Waals surface area contributed by atoms with Gasteiger partial charge in [-0.15, -0.1) is 0 Å². The van der Waals surface area contributed by atoms with Gasteiger partial charge >= 0.3 is 0 Å². The third-order valence-electron chi connectivity index (χ3n) is 6.34. The normalized spacial score (nSPS) is 17.1. The predicted molar refractivity (Wildman–Crippen MR) is 116 cm³/mol. The van der Waals surface area contributed by atoms with Crippen LogP contribution in [0.25, 0.3) is 0 Å². The van der Waals surface area contributed by atoms with Crippen molar-refractivity contribution in [3.63, 3.8) is 0 Å². The van der Waals surface area contributed by atoms with E-state index in [1.54, 1.807) is 24.3 Å². The van der Waals surface area contributed by atoms with Gasteiger partial charge in [-0.25, -0.2) is 0 Å². The number of carbonyl (C=O) groups excluding carboxylic acids is 2. The Bertz CT molecular complexity index is 984. The summed E-state index contributed by atoms with van der Waals surface area (Å²) in [5, 5.41) is 11.9. The lowest BCUT2D eigenvalue weighted by Gasteiger charge is -2.26. The third kappa shape index (κ3) is 4.09. The van der Waals surface area contributed by atoms with Crippen LogP contribution < -0.4 is 10.2 Å². The van der Waals surface area contributed by atoms with Gasteiger partial charge in [0.2, 0.25) is 5.91 Å². The van der Waals surface area contributed by atoms with E-state index in [0.717, 1.165) is 49.9 Å². The van der Waals surface area contributed by atoms with Crippen molar-refractivity contribution in [2.75, 3.05) is 11.4 Å². The van der Waals surface area contributed by atoms with E-state index in [9.17, 15) is 9.59 Å². The average molecular weight is 402 g/mol. The Balaban J connectivity index is 1.44. The topological polar surface area (TPSA) is 73.2 Å². The summed E-state index contributed by atoms with van der Waals surface area (Å²) in [4.78, 5) is 27.5. The van der Waals surface area contributed by atoms with Crippen LogP contribution in [0.1, 0.15) is 72.1 Å². The van der Waals surface area contributed by atoms with Crippen molar-refractivity contribution < 1.29 is 9.59 Å². The first-order valence-corrected chi connectivity index (χ1v) is 10.8. The molecule has 1 fully saturated rings. The zero-order valence-corrected chi connectivity index (χ0v) is 17.4. The van der Waals surface area contributed by atoms with Crippen LogP contribution in [-0.4, -0.2) is 18.4 Å². The minimum absolute atomic E-state index is 0.151. The van der Waals surface area contributed by atoms with Crippen LogP contribution in [0.5, 0.6) is 0 Å². The summed E-state index contributed by atoms with van der Waals surface area (Å²) in [7, 11) is 0. The Morgan fingerprint density at radius 3 is 2.53 bits per heavy atom. The maximum atomic E-state index is 13.0. The van der Waals surface area contributed by atoms with E-state index in [1.165, 1.54) is 12.0 Å². The Hall–Kier alpha value is -3.13. The van der Waals surface area contributed by atoms with Gasteiger partial charge in [0.25, 0.3) is 5.91 Å². The first-order valence-electron chi connectivity index (χ1n) is 10.8. The molecule has 154 valence electrons. The van der Waals surface area contributed by atoms with Crippen LogP contribution in [0.3, 0.4) is 0 Å². The monoisotopic (exact) mass is 401 g/mol. The Kier molecular flexibility index (Phi) is 5.85. The molecule has 1 atom stereocenters. The fourth-order valence-electron chi connectivity index (χ4n) is 4.55. The van der Waals surface area contributed by atoms with E-state index in [1.807, 2.05) is 24.0 Å². The van der Waals surface area contributed by atoms with Crippen molar-refractivity contribution >= 4 is 17.5 Å². The number of carbonyl (C=O) groups is 2. The van der Waals surface area contributed by atoms with Crippen LogP contribution in [0, 0.1) is 17.2 Å². The lowest BCUT2D eigenvalue weighted by Crippen LogP contribution is -2.35. The highest BCUT2D eigenvalue weighted by atomic mass is 16.2. The molecule has 1 aliphatic heterocycles. The standard InChI is InChI=1S/C25H27N3O2/c1-17(27-24(29)19-9-7-18(16-26)8-10-19)21-11-12-23-22(15-21)13-14-28(23)25(30)20-5-3-2-4-6-20/h7-12,15,17,20H,2-6,13-14H2,1H3,(H,27,29)/t17-/m1/s1. The molecule has 0 bridgehead atoms. The number of hydrogen-bond acceptors (Lipinski definition) is 3. The average Bonchev–Trinajstić information content (AvgIpc) is 3.22. The van der Waals surface area contributed by atoms with Crippen LogP contribution in [0.4, 0.5) is 5.69 Å². The molecule has 0 saturated heterocycles. The maximum absolute atomic E-state index is 13.0. The van der Waals surface area contributed by atoms with Crippen molar-refractivity contribution in [3.05, 3.63) is 64.7 Å². The molecule has 2 aromatic carbocycles. The molecular weight excluding hydrogens is 374 g/mol. The van der Waals surface area contributed by atoms with Gasteiger partial charge in [-0.2, -0.15) is 5.26 Å². The Labute approximate surface area is 177 Å². The van der Waals surface area contributed by atoms with E-state index < -0.39 is 0 Å². The van der Waals surface area contributed by atoms with Crippen molar-refractivity contribution in [2.24, 2.45) is 5.92 Å². The first kappa shape index (κ1) is 20.2. The van der Waals surface area contributed by atoms with Gasteiger partial charge in [0.05, 0.1) is 17.7 Å². The van der Waals surface area contributed by atoms with Gasteiger partial charge in [0, 0.05) is 23.7 Å². The number of nitrogens with one attached hydrogen (secondary N) is 1. The predicted octanol–water partition coefficient (Wildman–Crippen LogP) is 4.52. The van der Waals surface area contributed by atoms with E-state index >= 15 is 0 Å². The summed E-state index contributed by atoms with van der Waals surface area (Å²) in [5.74, 6) is 0.292. The molecule has 0 radical (unpaired) electrons. The van der Waals surface area contributed by atoms with Crippen LogP contribution in [-0.2, 0) is 11.2 Å². The first-order chi connectivity index (χ1) is 14.6. The molecule has 4 rings (SSSR count). The Morgan fingerprint density at radius 2 is 1.83 bits per heavy atom. The zero-order valence-electron chi connectivity index (χ0n) is 17.4. The number of nitriles is 1. The molecule has 1 N–H and O–H groups in total. The number of anilines is 1. The smallest absolute Gasteiger partial charge is 0.251 e. The van der Waals surface area contributed by atoms with Gasteiger partial charge < -0.3 is 10.2 Å². The maximum Gasteiger partial charge on any atom is 0.251 e. The molecular formula is C25H27N3O2. The molecule has 1 heterocycles. The summed E-state index contributed by atoms with van der Waals surface area (Å²) in [6.45, 7) is 2.71. The van der Waals surface area contributed by atoms with Gasteiger partial charge in [0.15, 0.2) is 0 Å². The van der Waals surface area contributed by atoms with E-state index in [-0.39, 0.29) is 23.8 Å². The lowest BCUT2D eigenvalue weighted by atomic mass is 9.88. The SMILES string of the molecule is C[C@@H](NC(=O)c1ccc(C#N)cc1)c1ccc2c(c1)CCN2C(=O)C1CCCCC1. The second-order valence-corrected chi connectivity index (χ2v) is 8.35.